The Hall–Kier alpha value is -2.48. The molecule has 0 radical (unpaired) electrons. The van der Waals surface area contributed by atoms with Crippen LogP contribution < -0.4 is 0 Å². The van der Waals surface area contributed by atoms with Crippen molar-refractivity contribution in [3.8, 4) is 11.3 Å². The van der Waals surface area contributed by atoms with E-state index in [0.29, 0.717) is 18.7 Å². The molecule has 1 saturated heterocycles. The molecule has 7 nitrogen and oxygen atoms in total. The number of nitrogens with zero attached hydrogens (tertiary/aromatic N) is 4. The molecule has 0 spiro atoms. The summed E-state index contributed by atoms with van der Waals surface area (Å²) in [5.41, 5.74) is 2.43. The van der Waals surface area contributed by atoms with Crippen LogP contribution in [0.25, 0.3) is 11.3 Å². The van der Waals surface area contributed by atoms with Gasteiger partial charge in [0, 0.05) is 23.7 Å². The third kappa shape index (κ3) is 3.09. The van der Waals surface area contributed by atoms with Gasteiger partial charge in [0.25, 0.3) is 0 Å². The molecule has 24 heavy (non-hydrogen) atoms. The molecule has 0 bridgehead atoms. The van der Waals surface area contributed by atoms with Crippen molar-refractivity contribution in [2.24, 2.45) is 0 Å². The number of rotatable bonds is 4. The van der Waals surface area contributed by atoms with Gasteiger partial charge in [0.05, 0.1) is 23.7 Å². The summed E-state index contributed by atoms with van der Waals surface area (Å²) >= 11 is 0. The standard InChI is InChI=1S/C16H16N4O3S/c21-24(22)7-6-13(11-24)15-10-20(19-17-15)9-14-8-16(23-18-14)12-4-2-1-3-5-12/h1-5,8,10,13H,6-7,9,11H2. The van der Waals surface area contributed by atoms with Crippen LogP contribution in [0.1, 0.15) is 23.7 Å². The quantitative estimate of drug-likeness (QED) is 0.718. The molecule has 0 saturated carbocycles. The minimum Gasteiger partial charge on any atom is -0.356 e. The fourth-order valence-electron chi connectivity index (χ4n) is 2.90. The lowest BCUT2D eigenvalue weighted by atomic mass is 10.1. The van der Waals surface area contributed by atoms with Gasteiger partial charge in [-0.1, -0.05) is 40.7 Å². The maximum atomic E-state index is 11.6. The first-order valence-corrected chi connectivity index (χ1v) is 9.53. The maximum absolute atomic E-state index is 11.6. The van der Waals surface area contributed by atoms with Crippen molar-refractivity contribution in [2.45, 2.75) is 18.9 Å². The van der Waals surface area contributed by atoms with E-state index in [1.54, 1.807) is 10.9 Å². The summed E-state index contributed by atoms with van der Waals surface area (Å²) in [6.45, 7) is 0.433. The second-order valence-electron chi connectivity index (χ2n) is 5.99. The molecule has 0 amide bonds. The Labute approximate surface area is 139 Å². The second-order valence-corrected chi connectivity index (χ2v) is 8.22. The van der Waals surface area contributed by atoms with E-state index in [-0.39, 0.29) is 17.4 Å². The lowest BCUT2D eigenvalue weighted by Crippen LogP contribution is -2.04. The zero-order valence-electron chi connectivity index (χ0n) is 12.9. The number of hydrogen-bond donors (Lipinski definition) is 0. The van der Waals surface area contributed by atoms with Crippen LogP contribution in [0.4, 0.5) is 0 Å². The van der Waals surface area contributed by atoms with E-state index in [1.807, 2.05) is 36.4 Å². The van der Waals surface area contributed by atoms with E-state index in [1.165, 1.54) is 0 Å². The Morgan fingerprint density at radius 2 is 2.08 bits per heavy atom. The highest BCUT2D eigenvalue weighted by molar-refractivity contribution is 7.91. The summed E-state index contributed by atoms with van der Waals surface area (Å²) in [5.74, 6) is 1.04. The van der Waals surface area contributed by atoms with Gasteiger partial charge < -0.3 is 4.52 Å². The Morgan fingerprint density at radius 3 is 2.83 bits per heavy atom. The minimum atomic E-state index is -2.92. The van der Waals surface area contributed by atoms with E-state index in [4.69, 9.17) is 4.52 Å². The molecular weight excluding hydrogens is 328 g/mol. The Bertz CT molecular complexity index is 947. The molecule has 1 atom stereocenters. The summed E-state index contributed by atoms with van der Waals surface area (Å²) in [6.07, 6.45) is 2.41. The van der Waals surface area contributed by atoms with Crippen molar-refractivity contribution in [1.82, 2.24) is 20.2 Å². The summed E-state index contributed by atoms with van der Waals surface area (Å²) in [4.78, 5) is 0. The highest BCUT2D eigenvalue weighted by Crippen LogP contribution is 2.27. The molecule has 4 rings (SSSR count). The second kappa shape index (κ2) is 5.86. The Kier molecular flexibility index (Phi) is 3.68. The van der Waals surface area contributed by atoms with Crippen molar-refractivity contribution in [3.63, 3.8) is 0 Å². The zero-order chi connectivity index (χ0) is 16.6. The number of benzene rings is 1. The summed E-state index contributed by atoms with van der Waals surface area (Å²) in [6, 6.07) is 11.6. The largest absolute Gasteiger partial charge is 0.356 e. The van der Waals surface area contributed by atoms with Crippen LogP contribution in [0.2, 0.25) is 0 Å². The van der Waals surface area contributed by atoms with Gasteiger partial charge in [0.2, 0.25) is 0 Å². The van der Waals surface area contributed by atoms with Crippen LogP contribution in [-0.2, 0) is 16.4 Å². The van der Waals surface area contributed by atoms with Crippen LogP contribution in [0, 0.1) is 0 Å². The van der Waals surface area contributed by atoms with Gasteiger partial charge in [-0.25, -0.2) is 13.1 Å². The average Bonchev–Trinajstić information content (AvgIpc) is 3.29. The van der Waals surface area contributed by atoms with Gasteiger partial charge in [0.1, 0.15) is 5.69 Å². The van der Waals surface area contributed by atoms with Crippen LogP contribution in [0.5, 0.6) is 0 Å². The zero-order valence-corrected chi connectivity index (χ0v) is 13.7. The number of aromatic nitrogens is 4. The van der Waals surface area contributed by atoms with E-state index in [0.717, 1.165) is 17.0 Å². The normalized spacial score (nSPS) is 19.6. The lowest BCUT2D eigenvalue weighted by Gasteiger charge is -2.00. The highest BCUT2D eigenvalue weighted by atomic mass is 32.2. The molecule has 1 unspecified atom stereocenters. The number of sulfone groups is 1. The van der Waals surface area contributed by atoms with Crippen LogP contribution in [-0.4, -0.2) is 40.1 Å². The third-order valence-electron chi connectivity index (χ3n) is 4.15. The van der Waals surface area contributed by atoms with Crippen molar-refractivity contribution >= 4 is 9.84 Å². The van der Waals surface area contributed by atoms with Crippen molar-refractivity contribution in [1.29, 1.82) is 0 Å². The molecule has 1 aliphatic rings. The van der Waals surface area contributed by atoms with Crippen LogP contribution >= 0.6 is 0 Å². The first-order valence-electron chi connectivity index (χ1n) is 7.70. The van der Waals surface area contributed by atoms with Crippen LogP contribution in [0.15, 0.2) is 47.1 Å². The summed E-state index contributed by atoms with van der Waals surface area (Å²) in [5, 5.41) is 12.2. The SMILES string of the molecule is O=S1(=O)CCC(c2cn(Cc3cc(-c4ccccc4)on3)nn2)C1. The summed E-state index contributed by atoms with van der Waals surface area (Å²) in [7, 11) is -2.92. The van der Waals surface area contributed by atoms with Gasteiger partial charge in [-0.15, -0.1) is 5.10 Å². The van der Waals surface area contributed by atoms with Crippen molar-refractivity contribution in [2.75, 3.05) is 11.5 Å². The van der Waals surface area contributed by atoms with Gasteiger partial charge in [-0.3, -0.25) is 0 Å². The van der Waals surface area contributed by atoms with E-state index < -0.39 is 9.84 Å². The monoisotopic (exact) mass is 344 g/mol. The molecule has 0 aliphatic carbocycles. The van der Waals surface area contributed by atoms with E-state index >= 15 is 0 Å². The molecule has 3 aromatic rings. The molecule has 1 aromatic carbocycles. The van der Waals surface area contributed by atoms with Crippen LogP contribution in [0.3, 0.4) is 0 Å². The molecule has 8 heteroatoms. The first kappa shape index (κ1) is 15.1. The smallest absolute Gasteiger partial charge is 0.167 e. The molecule has 124 valence electrons. The fourth-order valence-corrected chi connectivity index (χ4v) is 4.66. The van der Waals surface area contributed by atoms with Gasteiger partial charge in [0.15, 0.2) is 15.6 Å². The average molecular weight is 344 g/mol. The predicted octanol–water partition coefficient (Wildman–Crippen LogP) is 1.88. The van der Waals surface area contributed by atoms with Crippen molar-refractivity contribution < 1.29 is 12.9 Å². The third-order valence-corrected chi connectivity index (χ3v) is 5.92. The Balaban J connectivity index is 1.48. The van der Waals surface area contributed by atoms with Crippen molar-refractivity contribution in [3.05, 3.63) is 54.0 Å². The minimum absolute atomic E-state index is 0.0547. The fraction of sp³-hybridized carbons (Fsp3) is 0.312. The molecule has 1 aliphatic heterocycles. The number of hydrogen-bond acceptors (Lipinski definition) is 6. The lowest BCUT2D eigenvalue weighted by molar-refractivity contribution is 0.419. The molecular formula is C16H16N4O3S. The first-order chi connectivity index (χ1) is 11.6. The van der Waals surface area contributed by atoms with Gasteiger partial charge in [-0.2, -0.15) is 0 Å². The van der Waals surface area contributed by atoms with E-state index in [2.05, 4.69) is 15.5 Å². The molecule has 3 heterocycles. The van der Waals surface area contributed by atoms with Gasteiger partial charge >= 0.3 is 0 Å². The topological polar surface area (TPSA) is 90.9 Å². The Morgan fingerprint density at radius 1 is 1.25 bits per heavy atom. The predicted molar refractivity (Wildman–Crippen MR) is 87.1 cm³/mol. The molecule has 1 fully saturated rings. The molecule has 2 aromatic heterocycles. The van der Waals surface area contributed by atoms with Gasteiger partial charge in [-0.05, 0) is 6.42 Å². The van der Waals surface area contributed by atoms with E-state index in [9.17, 15) is 8.42 Å². The maximum Gasteiger partial charge on any atom is 0.167 e. The molecule has 0 N–H and O–H groups in total. The highest BCUT2D eigenvalue weighted by Gasteiger charge is 2.30. The summed E-state index contributed by atoms with van der Waals surface area (Å²) < 4.78 is 30.2.